The van der Waals surface area contributed by atoms with Crippen LogP contribution in [0.25, 0.3) is 0 Å². The molecule has 0 heterocycles. The summed E-state index contributed by atoms with van der Waals surface area (Å²) in [5, 5.41) is 2.49. The van der Waals surface area contributed by atoms with E-state index < -0.39 is 20.6 Å². The van der Waals surface area contributed by atoms with E-state index >= 15 is 0 Å². The molecule has 1 unspecified atom stereocenters. The summed E-state index contributed by atoms with van der Waals surface area (Å²) in [4.78, 5) is 13.3. The monoisotopic (exact) mass is 386 g/mol. The fraction of sp³-hybridized carbons (Fsp3) is 0.611. The lowest BCUT2D eigenvalue weighted by atomic mass is 9.94. The molecule has 25 heavy (non-hydrogen) atoms. The van der Waals surface area contributed by atoms with Crippen LogP contribution in [0, 0.1) is 0 Å². The largest absolute Gasteiger partial charge is 0.353 e. The molecule has 142 valence electrons. The predicted octanol–water partition coefficient (Wildman–Crippen LogP) is 2.98. The van der Waals surface area contributed by atoms with Gasteiger partial charge in [-0.3, -0.25) is 4.79 Å². The fourth-order valence-corrected chi connectivity index (χ4v) is 5.19. The van der Waals surface area contributed by atoms with Crippen LogP contribution in [0.5, 0.6) is 0 Å². The van der Waals surface area contributed by atoms with Crippen LogP contribution in [-0.4, -0.2) is 37.4 Å². The second-order valence-corrected chi connectivity index (χ2v) is 9.77. The summed E-state index contributed by atoms with van der Waals surface area (Å²) in [6.45, 7) is 8.04. The summed E-state index contributed by atoms with van der Waals surface area (Å²) in [5.74, 6) is -0.0298. The van der Waals surface area contributed by atoms with Crippen molar-refractivity contribution in [1.29, 1.82) is 0 Å². The molecule has 0 spiro atoms. The van der Waals surface area contributed by atoms with E-state index in [1.807, 2.05) is 20.8 Å². The van der Waals surface area contributed by atoms with Gasteiger partial charge in [0.05, 0.1) is 15.9 Å². The molecule has 0 aliphatic rings. The van der Waals surface area contributed by atoms with Crippen LogP contribution >= 0.6 is 11.8 Å². The topological polar surface area (TPSA) is 89.3 Å². The van der Waals surface area contributed by atoms with E-state index in [1.54, 1.807) is 31.2 Å². The zero-order chi connectivity index (χ0) is 19.1. The van der Waals surface area contributed by atoms with Crippen LogP contribution in [0.4, 0.5) is 0 Å². The Morgan fingerprint density at radius 3 is 2.40 bits per heavy atom. The number of carbonyl (C=O) groups excluding carboxylic acids is 1. The Morgan fingerprint density at radius 2 is 1.84 bits per heavy atom. The first-order valence-electron chi connectivity index (χ1n) is 8.74. The van der Waals surface area contributed by atoms with Gasteiger partial charge in [-0.25, -0.2) is 8.42 Å². The van der Waals surface area contributed by atoms with Crippen molar-refractivity contribution in [2.24, 2.45) is 5.73 Å². The summed E-state index contributed by atoms with van der Waals surface area (Å²) >= 11 is 1.26. The second-order valence-electron chi connectivity index (χ2n) is 6.31. The summed E-state index contributed by atoms with van der Waals surface area (Å²) < 4.78 is 24.8. The van der Waals surface area contributed by atoms with Gasteiger partial charge in [0.1, 0.15) is 0 Å². The smallest absolute Gasteiger partial charge is 0.233 e. The van der Waals surface area contributed by atoms with E-state index in [-0.39, 0.29) is 11.7 Å². The molecule has 0 saturated carbocycles. The Morgan fingerprint density at radius 1 is 1.24 bits per heavy atom. The Labute approximate surface area is 156 Å². The van der Waals surface area contributed by atoms with Crippen molar-refractivity contribution in [3.63, 3.8) is 0 Å². The van der Waals surface area contributed by atoms with Gasteiger partial charge < -0.3 is 11.1 Å². The number of hydrogen-bond acceptors (Lipinski definition) is 5. The number of hydrogen-bond donors (Lipinski definition) is 2. The highest BCUT2D eigenvalue weighted by molar-refractivity contribution is 8.01. The molecule has 0 radical (unpaired) electrons. The standard InChI is InChI=1S/C18H30N2O3S2/c1-5-12-25(22,23)16-11-9-8-10-15(16)24-14(4)17(21)20-13-18(19,6-2)7-3/h8-11,14H,5-7,12-13,19H2,1-4H3,(H,20,21). The third-order valence-corrected chi connectivity index (χ3v) is 7.63. The predicted molar refractivity (Wildman–Crippen MR) is 105 cm³/mol. The minimum Gasteiger partial charge on any atom is -0.353 e. The highest BCUT2D eigenvalue weighted by Gasteiger charge is 2.24. The lowest BCUT2D eigenvalue weighted by Gasteiger charge is -2.27. The molecule has 3 N–H and O–H groups in total. The molecule has 1 aromatic rings. The van der Waals surface area contributed by atoms with E-state index in [0.717, 1.165) is 12.8 Å². The van der Waals surface area contributed by atoms with Gasteiger partial charge in [0, 0.05) is 17.0 Å². The van der Waals surface area contributed by atoms with Crippen molar-refractivity contribution in [2.45, 2.75) is 67.5 Å². The fourth-order valence-electron chi connectivity index (χ4n) is 2.33. The van der Waals surface area contributed by atoms with Crippen molar-refractivity contribution in [3.8, 4) is 0 Å². The van der Waals surface area contributed by atoms with Crippen molar-refractivity contribution in [3.05, 3.63) is 24.3 Å². The molecule has 0 aliphatic heterocycles. The van der Waals surface area contributed by atoms with Gasteiger partial charge in [0.2, 0.25) is 5.91 Å². The summed E-state index contributed by atoms with van der Waals surface area (Å²) in [7, 11) is -3.33. The average molecular weight is 387 g/mol. The molecular weight excluding hydrogens is 356 g/mol. The highest BCUT2D eigenvalue weighted by atomic mass is 32.2. The number of sulfone groups is 1. The SMILES string of the molecule is CCCS(=O)(=O)c1ccccc1SC(C)C(=O)NCC(N)(CC)CC. The minimum atomic E-state index is -3.33. The van der Waals surface area contributed by atoms with Crippen LogP contribution in [-0.2, 0) is 14.6 Å². The molecule has 1 atom stereocenters. The van der Waals surface area contributed by atoms with E-state index in [4.69, 9.17) is 5.73 Å². The first-order valence-corrected chi connectivity index (χ1v) is 11.3. The van der Waals surface area contributed by atoms with Crippen molar-refractivity contribution >= 4 is 27.5 Å². The highest BCUT2D eigenvalue weighted by Crippen LogP contribution is 2.30. The molecule has 7 heteroatoms. The normalized spacial score (nSPS) is 13.5. The molecular formula is C18H30N2O3S2. The number of amides is 1. The zero-order valence-corrected chi connectivity index (χ0v) is 17.2. The van der Waals surface area contributed by atoms with Gasteiger partial charge in [0.25, 0.3) is 0 Å². The average Bonchev–Trinajstić information content (AvgIpc) is 2.59. The first kappa shape index (κ1) is 22.0. The number of thioether (sulfide) groups is 1. The van der Waals surface area contributed by atoms with E-state index in [2.05, 4.69) is 5.32 Å². The Hall–Kier alpha value is -1.05. The minimum absolute atomic E-state index is 0.105. The molecule has 0 fully saturated rings. The molecule has 0 aromatic heterocycles. The zero-order valence-electron chi connectivity index (χ0n) is 15.5. The number of carbonyl (C=O) groups is 1. The third kappa shape index (κ3) is 6.31. The van der Waals surface area contributed by atoms with Crippen molar-refractivity contribution in [1.82, 2.24) is 5.32 Å². The Balaban J connectivity index is 2.84. The lowest BCUT2D eigenvalue weighted by Crippen LogP contribution is -2.50. The molecule has 1 rings (SSSR count). The van der Waals surface area contributed by atoms with E-state index in [0.29, 0.717) is 22.8 Å². The maximum atomic E-state index is 12.4. The van der Waals surface area contributed by atoms with E-state index in [1.165, 1.54) is 11.8 Å². The maximum absolute atomic E-state index is 12.4. The number of rotatable bonds is 10. The van der Waals surface area contributed by atoms with Crippen molar-refractivity contribution < 1.29 is 13.2 Å². The van der Waals surface area contributed by atoms with Crippen LogP contribution in [0.2, 0.25) is 0 Å². The van der Waals surface area contributed by atoms with Gasteiger partial charge in [-0.15, -0.1) is 11.8 Å². The van der Waals surface area contributed by atoms with Crippen LogP contribution in [0.3, 0.4) is 0 Å². The summed E-state index contributed by atoms with van der Waals surface area (Å²) in [6, 6.07) is 6.86. The van der Waals surface area contributed by atoms with Gasteiger partial charge in [-0.05, 0) is 38.3 Å². The Kier molecular flexibility index (Phi) is 8.44. The van der Waals surface area contributed by atoms with Gasteiger partial charge >= 0.3 is 0 Å². The third-order valence-electron chi connectivity index (χ3n) is 4.35. The molecule has 0 bridgehead atoms. The van der Waals surface area contributed by atoms with Crippen LogP contribution in [0.15, 0.2) is 34.1 Å². The van der Waals surface area contributed by atoms with Crippen LogP contribution in [0.1, 0.15) is 47.0 Å². The first-order chi connectivity index (χ1) is 11.7. The molecule has 0 aliphatic carbocycles. The quantitative estimate of drug-likeness (QED) is 0.604. The molecule has 1 aromatic carbocycles. The summed E-state index contributed by atoms with van der Waals surface area (Å²) in [5.41, 5.74) is 5.81. The Bertz CT molecular complexity index is 671. The number of benzene rings is 1. The van der Waals surface area contributed by atoms with Gasteiger partial charge in [-0.1, -0.05) is 32.9 Å². The van der Waals surface area contributed by atoms with Gasteiger partial charge in [0.15, 0.2) is 9.84 Å². The molecule has 0 saturated heterocycles. The summed E-state index contributed by atoms with van der Waals surface area (Å²) in [6.07, 6.45) is 2.12. The lowest BCUT2D eigenvalue weighted by molar-refractivity contribution is -0.120. The number of nitrogens with one attached hydrogen (secondary N) is 1. The molecule has 5 nitrogen and oxygen atoms in total. The van der Waals surface area contributed by atoms with Gasteiger partial charge in [-0.2, -0.15) is 0 Å². The second kappa shape index (κ2) is 9.59. The van der Waals surface area contributed by atoms with Crippen molar-refractivity contribution in [2.75, 3.05) is 12.3 Å². The van der Waals surface area contributed by atoms with E-state index in [9.17, 15) is 13.2 Å². The number of nitrogens with two attached hydrogens (primary N) is 1. The molecule has 1 amide bonds. The van der Waals surface area contributed by atoms with Crippen LogP contribution < -0.4 is 11.1 Å². The maximum Gasteiger partial charge on any atom is 0.233 e.